The quantitative estimate of drug-likeness (QED) is 0.864. The van der Waals surface area contributed by atoms with E-state index in [2.05, 4.69) is 4.98 Å². The van der Waals surface area contributed by atoms with E-state index in [4.69, 9.17) is 5.73 Å². The van der Waals surface area contributed by atoms with E-state index in [0.717, 1.165) is 24.1 Å². The number of hydrogen-bond donors (Lipinski definition) is 1. The first kappa shape index (κ1) is 12.5. The van der Waals surface area contributed by atoms with Crippen LogP contribution in [0.15, 0.2) is 18.3 Å². The number of aryl methyl sites for hydroxylation is 1. The summed E-state index contributed by atoms with van der Waals surface area (Å²) in [6, 6.07) is 3.29. The predicted octanol–water partition coefficient (Wildman–Crippen LogP) is 1.36. The lowest BCUT2D eigenvalue weighted by Crippen LogP contribution is -2.37. The Morgan fingerprint density at radius 3 is 2.76 bits per heavy atom. The van der Waals surface area contributed by atoms with E-state index in [1.807, 2.05) is 19.1 Å². The van der Waals surface area contributed by atoms with Crippen LogP contribution in [0, 0.1) is 6.92 Å². The highest BCUT2D eigenvalue weighted by molar-refractivity contribution is 7.92. The molecule has 1 fully saturated rings. The Balaban J connectivity index is 2.24. The van der Waals surface area contributed by atoms with E-state index in [1.54, 1.807) is 6.20 Å². The van der Waals surface area contributed by atoms with Gasteiger partial charge in [0.1, 0.15) is 0 Å². The zero-order chi connectivity index (χ0) is 12.5. The molecule has 5 heteroatoms. The first-order chi connectivity index (χ1) is 8.00. The van der Waals surface area contributed by atoms with Crippen LogP contribution in [0.3, 0.4) is 0 Å². The van der Waals surface area contributed by atoms with E-state index in [1.165, 1.54) is 0 Å². The van der Waals surface area contributed by atoms with Crippen LogP contribution >= 0.6 is 0 Å². The average Bonchev–Trinajstić information content (AvgIpc) is 2.28. The van der Waals surface area contributed by atoms with Crippen LogP contribution in [0.4, 0.5) is 0 Å². The molecule has 0 aromatic carbocycles. The number of hydrogen-bond acceptors (Lipinski definition) is 4. The zero-order valence-electron chi connectivity index (χ0n) is 9.96. The summed E-state index contributed by atoms with van der Waals surface area (Å²) in [6.45, 7) is 1.90. The highest BCUT2D eigenvalue weighted by Gasteiger charge is 2.34. The van der Waals surface area contributed by atoms with Gasteiger partial charge in [0.05, 0.1) is 11.0 Å². The van der Waals surface area contributed by atoms with Crippen LogP contribution in [-0.2, 0) is 9.84 Å². The van der Waals surface area contributed by atoms with Crippen LogP contribution in [0.25, 0.3) is 0 Å². The molecule has 1 aromatic rings. The molecule has 0 aliphatic carbocycles. The number of sulfone groups is 1. The minimum Gasteiger partial charge on any atom is -0.323 e. The Morgan fingerprint density at radius 1 is 1.41 bits per heavy atom. The van der Waals surface area contributed by atoms with Gasteiger partial charge in [-0.15, -0.1) is 0 Å². The molecule has 4 nitrogen and oxygen atoms in total. The smallest absolute Gasteiger partial charge is 0.155 e. The Bertz CT molecular complexity index is 482. The second-order valence-electron chi connectivity index (χ2n) is 4.66. The fourth-order valence-electron chi connectivity index (χ4n) is 2.27. The minimum absolute atomic E-state index is 0.269. The van der Waals surface area contributed by atoms with Crippen LogP contribution < -0.4 is 5.73 Å². The third-order valence-electron chi connectivity index (χ3n) is 3.35. The molecule has 1 aliphatic heterocycles. The molecule has 1 aliphatic rings. The number of aromatic nitrogens is 1. The molecule has 0 radical (unpaired) electrons. The van der Waals surface area contributed by atoms with E-state index in [0.29, 0.717) is 6.42 Å². The summed E-state index contributed by atoms with van der Waals surface area (Å²) in [5, 5.41) is -0.444. The summed E-state index contributed by atoms with van der Waals surface area (Å²) >= 11 is 0. The Kier molecular flexibility index (Phi) is 3.49. The van der Waals surface area contributed by atoms with Crippen molar-refractivity contribution < 1.29 is 8.42 Å². The van der Waals surface area contributed by atoms with E-state index < -0.39 is 21.1 Å². The number of nitrogens with two attached hydrogens (primary N) is 1. The third kappa shape index (κ3) is 2.66. The van der Waals surface area contributed by atoms with Gasteiger partial charge in [0.2, 0.25) is 0 Å². The summed E-state index contributed by atoms with van der Waals surface area (Å²) in [4.78, 5) is 4.17. The van der Waals surface area contributed by atoms with Gasteiger partial charge < -0.3 is 5.73 Å². The van der Waals surface area contributed by atoms with Gasteiger partial charge in [-0.05, 0) is 31.4 Å². The Morgan fingerprint density at radius 2 is 2.18 bits per heavy atom. The highest BCUT2D eigenvalue weighted by Crippen LogP contribution is 2.28. The largest absolute Gasteiger partial charge is 0.323 e. The van der Waals surface area contributed by atoms with Gasteiger partial charge in [0.25, 0.3) is 0 Å². The van der Waals surface area contributed by atoms with Crippen molar-refractivity contribution in [1.29, 1.82) is 0 Å². The first-order valence-electron chi connectivity index (χ1n) is 5.90. The molecule has 94 valence electrons. The van der Waals surface area contributed by atoms with E-state index in [9.17, 15) is 8.42 Å². The molecule has 2 heterocycles. The summed E-state index contributed by atoms with van der Waals surface area (Å²) in [5.74, 6) is 0.269. The molecule has 0 spiro atoms. The monoisotopic (exact) mass is 254 g/mol. The summed E-state index contributed by atoms with van der Waals surface area (Å²) in [7, 11) is -3.03. The Labute approximate surface area is 102 Å². The molecular weight excluding hydrogens is 236 g/mol. The minimum atomic E-state index is -3.03. The fraction of sp³-hybridized carbons (Fsp3) is 0.583. The summed E-state index contributed by atoms with van der Waals surface area (Å²) < 4.78 is 23.9. The van der Waals surface area contributed by atoms with E-state index >= 15 is 0 Å². The van der Waals surface area contributed by atoms with E-state index in [-0.39, 0.29) is 5.75 Å². The molecule has 2 unspecified atom stereocenters. The molecule has 2 N–H and O–H groups in total. The molecule has 2 rings (SSSR count). The third-order valence-corrected chi connectivity index (χ3v) is 5.66. The number of nitrogens with zero attached hydrogens (tertiary/aromatic N) is 1. The van der Waals surface area contributed by atoms with Gasteiger partial charge in [0, 0.05) is 17.9 Å². The van der Waals surface area contributed by atoms with Crippen molar-refractivity contribution in [3.63, 3.8) is 0 Å². The van der Waals surface area contributed by atoms with Gasteiger partial charge in [0.15, 0.2) is 9.84 Å². The second-order valence-corrected chi connectivity index (χ2v) is 7.00. The van der Waals surface area contributed by atoms with Crippen molar-refractivity contribution in [3.05, 3.63) is 29.6 Å². The molecule has 1 aromatic heterocycles. The molecule has 0 saturated carbocycles. The zero-order valence-corrected chi connectivity index (χ0v) is 10.8. The topological polar surface area (TPSA) is 73.1 Å². The van der Waals surface area contributed by atoms with Gasteiger partial charge in [-0.25, -0.2) is 8.42 Å². The fourth-order valence-corrected chi connectivity index (χ4v) is 4.31. The lowest BCUT2D eigenvalue weighted by atomic mass is 10.0. The van der Waals surface area contributed by atoms with Crippen molar-refractivity contribution in [1.82, 2.24) is 4.98 Å². The van der Waals surface area contributed by atoms with Crippen molar-refractivity contribution in [2.75, 3.05) is 5.75 Å². The van der Waals surface area contributed by atoms with Crippen LogP contribution in [0.5, 0.6) is 0 Å². The van der Waals surface area contributed by atoms with Crippen LogP contribution in [0.1, 0.15) is 36.6 Å². The first-order valence-corrected chi connectivity index (χ1v) is 7.62. The number of pyridine rings is 1. The predicted molar refractivity (Wildman–Crippen MR) is 67.3 cm³/mol. The standard InChI is InChI=1S/C12H18N2O2S/c1-9-5-6-10(8-14-9)12(13)11-4-2-3-7-17(11,15)16/h5-6,8,11-12H,2-4,7,13H2,1H3. The average molecular weight is 254 g/mol. The lowest BCUT2D eigenvalue weighted by Gasteiger charge is -2.27. The van der Waals surface area contributed by atoms with Crippen molar-refractivity contribution in [2.24, 2.45) is 5.73 Å². The summed E-state index contributed by atoms with van der Waals surface area (Å²) in [6.07, 6.45) is 4.05. The second kappa shape index (κ2) is 4.74. The van der Waals surface area contributed by atoms with Crippen molar-refractivity contribution in [2.45, 2.75) is 37.5 Å². The van der Waals surface area contributed by atoms with Crippen molar-refractivity contribution in [3.8, 4) is 0 Å². The Hall–Kier alpha value is -0.940. The van der Waals surface area contributed by atoms with Gasteiger partial charge in [-0.1, -0.05) is 12.5 Å². The molecular formula is C12H18N2O2S. The maximum Gasteiger partial charge on any atom is 0.155 e. The van der Waals surface area contributed by atoms with Gasteiger partial charge in [-0.2, -0.15) is 0 Å². The summed E-state index contributed by atoms with van der Waals surface area (Å²) in [5.41, 5.74) is 7.80. The molecule has 17 heavy (non-hydrogen) atoms. The lowest BCUT2D eigenvalue weighted by molar-refractivity contribution is 0.504. The SMILES string of the molecule is Cc1ccc(C(N)C2CCCCS2(=O)=O)cn1. The molecule has 1 saturated heterocycles. The van der Waals surface area contributed by atoms with Gasteiger partial charge >= 0.3 is 0 Å². The molecule has 0 amide bonds. The normalized spacial score (nSPS) is 25.4. The molecule has 0 bridgehead atoms. The number of rotatable bonds is 2. The van der Waals surface area contributed by atoms with Crippen LogP contribution in [0.2, 0.25) is 0 Å². The molecule has 2 atom stereocenters. The van der Waals surface area contributed by atoms with Gasteiger partial charge in [-0.3, -0.25) is 4.98 Å². The van der Waals surface area contributed by atoms with Crippen molar-refractivity contribution >= 4 is 9.84 Å². The highest BCUT2D eigenvalue weighted by atomic mass is 32.2. The maximum absolute atomic E-state index is 12.0. The van der Waals surface area contributed by atoms with Crippen LogP contribution in [-0.4, -0.2) is 24.4 Å². The maximum atomic E-state index is 12.0.